The van der Waals surface area contributed by atoms with Crippen molar-refractivity contribution < 1.29 is 23.4 Å². The number of amides is 1. The molecule has 1 aliphatic rings. The number of hydrogen-bond donors (Lipinski definition) is 3. The van der Waals surface area contributed by atoms with Gasteiger partial charge in [-0.05, 0) is 80.1 Å². The van der Waals surface area contributed by atoms with Crippen LogP contribution in [0.4, 0.5) is 0 Å². The van der Waals surface area contributed by atoms with Gasteiger partial charge in [0.05, 0.1) is 18.7 Å². The van der Waals surface area contributed by atoms with Crippen LogP contribution in [-0.4, -0.2) is 71.7 Å². The largest absolute Gasteiger partial charge is 0.472 e. The highest BCUT2D eigenvalue weighted by atomic mass is 32.3. The summed E-state index contributed by atoms with van der Waals surface area (Å²) in [4.78, 5) is 17.9. The fourth-order valence-corrected chi connectivity index (χ4v) is 7.41. The number of aromatic nitrogens is 4. The molecule has 0 aliphatic carbocycles. The molecule has 2 atom stereocenters. The molecule has 2 aromatic carbocycles. The lowest BCUT2D eigenvalue weighted by molar-refractivity contribution is -0.121. The van der Waals surface area contributed by atoms with Crippen molar-refractivity contribution in [3.63, 3.8) is 0 Å². The molecule has 2 aromatic heterocycles. The molecule has 0 unspecified atom stereocenters. The summed E-state index contributed by atoms with van der Waals surface area (Å²) < 4.78 is 38.2. The molecule has 3 heterocycles. The Balaban J connectivity index is 1.52. The summed E-state index contributed by atoms with van der Waals surface area (Å²) >= 11 is 0. The molecule has 45 heavy (non-hydrogen) atoms. The predicted molar refractivity (Wildman–Crippen MR) is 176 cm³/mol. The van der Waals surface area contributed by atoms with Crippen LogP contribution >= 0.6 is 10.8 Å². The Hall–Kier alpha value is -3.55. The van der Waals surface area contributed by atoms with Gasteiger partial charge >= 0.3 is 0 Å². The number of fused-ring (bicyclic) bond motifs is 2. The van der Waals surface area contributed by atoms with Gasteiger partial charge in [-0.1, -0.05) is 36.4 Å². The number of nitrogens with one attached hydrogen (secondary N) is 1. The summed E-state index contributed by atoms with van der Waals surface area (Å²) in [6.45, 7) is 12.8. The van der Waals surface area contributed by atoms with Gasteiger partial charge < -0.3 is 14.8 Å². The van der Waals surface area contributed by atoms with E-state index in [-0.39, 0.29) is 36.8 Å². The fourth-order valence-electron chi connectivity index (χ4n) is 5.84. The number of ether oxygens (including phenoxy) is 2. The van der Waals surface area contributed by atoms with Crippen molar-refractivity contribution in [1.29, 1.82) is 0 Å². The van der Waals surface area contributed by atoms with E-state index in [4.69, 9.17) is 9.47 Å². The molecule has 4 aromatic rings. The fraction of sp³-hybridized carbons (Fsp3) is 0.455. The smallest absolute Gasteiger partial charge is 0.239 e. The molecule has 1 amide bonds. The van der Waals surface area contributed by atoms with Gasteiger partial charge in [0, 0.05) is 44.8 Å². The highest BCUT2D eigenvalue weighted by molar-refractivity contribution is 8.22. The normalized spacial score (nSPS) is 17.7. The maximum absolute atomic E-state index is 13.3. The lowest BCUT2D eigenvalue weighted by atomic mass is 9.84. The first kappa shape index (κ1) is 32.8. The number of pyridine rings is 1. The van der Waals surface area contributed by atoms with Crippen molar-refractivity contribution >= 4 is 27.7 Å². The maximum Gasteiger partial charge on any atom is 0.239 e. The Labute approximate surface area is 266 Å². The minimum Gasteiger partial charge on any atom is -0.472 e. The number of carbonyl (C=O) groups is 1. The van der Waals surface area contributed by atoms with E-state index in [2.05, 4.69) is 38.8 Å². The average molecular weight is 637 g/mol. The monoisotopic (exact) mass is 636 g/mol. The second kappa shape index (κ2) is 14.3. The molecule has 1 aliphatic heterocycles. The van der Waals surface area contributed by atoms with Crippen LogP contribution in [-0.2, 0) is 22.6 Å². The van der Waals surface area contributed by atoms with E-state index < -0.39 is 10.8 Å². The standard InChI is InChI=1S/C33H44N6O5S/c1-6-26-21-38(45(41,42)30-10-9-15-35-33(30)44-26)20-25-18-24(12-11-22(25)4)28(19-31(40)34-16-17-43-8-3)27-13-14-29-32(23(27)5)36-37-39(29)7-2/h9-15,18,26,28,41-42H,6-8,16-17,19-21H2,1-5H3,(H,34,40)/t26-,28+/m1/s1. The number of rotatable bonds is 12. The van der Waals surface area contributed by atoms with Gasteiger partial charge in [0.25, 0.3) is 0 Å². The van der Waals surface area contributed by atoms with E-state index in [0.29, 0.717) is 44.2 Å². The highest BCUT2D eigenvalue weighted by Gasteiger charge is 2.36. The second-order valence-electron chi connectivity index (χ2n) is 11.3. The molecule has 0 saturated carbocycles. The third-order valence-corrected chi connectivity index (χ3v) is 10.4. The summed E-state index contributed by atoms with van der Waals surface area (Å²) in [5.74, 6) is -0.0837. The van der Waals surface area contributed by atoms with E-state index in [0.717, 1.165) is 38.9 Å². The first-order valence-corrected chi connectivity index (χ1v) is 17.1. The first-order chi connectivity index (χ1) is 21.7. The van der Waals surface area contributed by atoms with E-state index in [1.165, 1.54) is 0 Å². The number of benzene rings is 2. The minimum absolute atomic E-state index is 0.0766. The molecular formula is C33H44N6O5S. The predicted octanol–water partition coefficient (Wildman–Crippen LogP) is 5.84. The molecule has 0 spiro atoms. The topological polar surface area (TPSA) is 135 Å². The Kier molecular flexibility index (Phi) is 10.4. The Morgan fingerprint density at radius 1 is 1.18 bits per heavy atom. The Morgan fingerprint density at radius 2 is 2.00 bits per heavy atom. The number of aryl methyl sites for hydroxylation is 3. The van der Waals surface area contributed by atoms with E-state index in [1.54, 1.807) is 22.6 Å². The quantitative estimate of drug-likeness (QED) is 0.164. The van der Waals surface area contributed by atoms with Crippen LogP contribution in [0.1, 0.15) is 67.3 Å². The lowest BCUT2D eigenvalue weighted by Crippen LogP contribution is -2.34. The number of carbonyl (C=O) groups excluding carboxylic acids is 1. The van der Waals surface area contributed by atoms with Crippen molar-refractivity contribution in [2.75, 3.05) is 26.3 Å². The molecule has 0 bridgehead atoms. The van der Waals surface area contributed by atoms with Gasteiger partial charge in [0.1, 0.15) is 16.5 Å². The number of nitrogens with zero attached hydrogens (tertiary/aromatic N) is 5. The highest BCUT2D eigenvalue weighted by Crippen LogP contribution is 2.57. The van der Waals surface area contributed by atoms with Gasteiger partial charge in [-0.25, -0.2) is 9.67 Å². The maximum atomic E-state index is 13.3. The zero-order valence-electron chi connectivity index (χ0n) is 26.7. The number of hydrogen-bond acceptors (Lipinski definition) is 9. The van der Waals surface area contributed by atoms with Crippen LogP contribution in [0.5, 0.6) is 5.88 Å². The zero-order chi connectivity index (χ0) is 32.1. The summed E-state index contributed by atoms with van der Waals surface area (Å²) in [5, 5.41) is 11.8. The third-order valence-electron chi connectivity index (χ3n) is 8.47. The van der Waals surface area contributed by atoms with Gasteiger partial charge in [-0.2, -0.15) is 4.31 Å². The zero-order valence-corrected chi connectivity index (χ0v) is 27.5. The molecule has 0 saturated heterocycles. The molecule has 242 valence electrons. The van der Waals surface area contributed by atoms with Gasteiger partial charge in [-0.3, -0.25) is 13.9 Å². The van der Waals surface area contributed by atoms with E-state index in [1.807, 2.05) is 51.4 Å². The van der Waals surface area contributed by atoms with E-state index in [9.17, 15) is 13.9 Å². The van der Waals surface area contributed by atoms with E-state index >= 15 is 0 Å². The summed E-state index contributed by atoms with van der Waals surface area (Å²) in [6.07, 6.45) is 2.26. The molecule has 5 rings (SSSR count). The molecule has 12 heteroatoms. The Morgan fingerprint density at radius 3 is 2.76 bits per heavy atom. The third kappa shape index (κ3) is 7.00. The van der Waals surface area contributed by atoms with Crippen molar-refractivity contribution in [2.24, 2.45) is 0 Å². The van der Waals surface area contributed by atoms with Crippen molar-refractivity contribution in [3.8, 4) is 5.88 Å². The summed E-state index contributed by atoms with van der Waals surface area (Å²) in [5.41, 5.74) is 6.66. The molecule has 11 nitrogen and oxygen atoms in total. The average Bonchev–Trinajstić information content (AvgIpc) is 3.42. The van der Waals surface area contributed by atoms with Crippen LogP contribution in [0.2, 0.25) is 0 Å². The molecule has 0 radical (unpaired) electrons. The molecular weight excluding hydrogens is 592 g/mol. The first-order valence-electron chi connectivity index (χ1n) is 15.6. The molecule has 3 N–H and O–H groups in total. The second-order valence-corrected chi connectivity index (χ2v) is 13.3. The van der Waals surface area contributed by atoms with Gasteiger partial charge in [0.2, 0.25) is 11.8 Å². The van der Waals surface area contributed by atoms with Crippen LogP contribution in [0.15, 0.2) is 53.6 Å². The van der Waals surface area contributed by atoms with Crippen LogP contribution in [0.3, 0.4) is 0 Å². The van der Waals surface area contributed by atoms with Crippen molar-refractivity contribution in [3.05, 3.63) is 76.5 Å². The summed E-state index contributed by atoms with van der Waals surface area (Å²) in [6, 6.07) is 13.6. The van der Waals surface area contributed by atoms with Crippen LogP contribution < -0.4 is 10.1 Å². The summed E-state index contributed by atoms with van der Waals surface area (Å²) in [7, 11) is -3.38. The SMILES string of the molecule is CCOCCNC(=O)C[C@@H](c1ccc(C)c(CN2C[C@@H](CC)Oc3ncccc3S2(O)O)c1)c1ccc2c(nnn2CC)c1C. The van der Waals surface area contributed by atoms with Gasteiger partial charge in [-0.15, -0.1) is 15.9 Å². The Bertz CT molecular complexity index is 1640. The van der Waals surface area contributed by atoms with Crippen LogP contribution in [0, 0.1) is 13.8 Å². The van der Waals surface area contributed by atoms with Crippen molar-refractivity contribution in [1.82, 2.24) is 29.6 Å². The van der Waals surface area contributed by atoms with Gasteiger partial charge in [0.15, 0.2) is 0 Å². The van der Waals surface area contributed by atoms with Crippen molar-refractivity contribution in [2.45, 2.75) is 77.5 Å². The minimum atomic E-state index is -3.38. The van der Waals surface area contributed by atoms with Crippen LogP contribution in [0.25, 0.3) is 11.0 Å². The molecule has 0 fully saturated rings. The lowest BCUT2D eigenvalue weighted by Gasteiger charge is -2.41.